The molecule has 3 aromatic carbocycles. The molecule has 230 valence electrons. The van der Waals surface area contributed by atoms with Crippen molar-refractivity contribution in [3.63, 3.8) is 0 Å². The minimum Gasteiger partial charge on any atom is -0.497 e. The third kappa shape index (κ3) is 7.48. The van der Waals surface area contributed by atoms with E-state index in [4.69, 9.17) is 9.47 Å². The number of rotatable bonds is 13. The standard InChI is InChI=1S/C33H41N3O6S/c1-5-29(33(38)34-26-15-11-12-16-26)35(22-25-14-10-9-13-24(25)2)32(37)23-36(43(39,40)28-17-7-6-8-18-28)30-21-27(41-3)19-20-31(30)42-4/h6-10,13-14,17-21,26,29H,5,11-12,15-16,22-23H2,1-4H3,(H,34,38)/t29-/m0/s1. The topological polar surface area (TPSA) is 105 Å². The van der Waals surface area contributed by atoms with Gasteiger partial charge in [0.1, 0.15) is 24.1 Å². The molecule has 0 unspecified atom stereocenters. The Hall–Kier alpha value is -4.05. The fraction of sp³-hybridized carbons (Fsp3) is 0.394. The zero-order valence-corrected chi connectivity index (χ0v) is 26.1. The summed E-state index contributed by atoms with van der Waals surface area (Å²) < 4.78 is 40.3. The zero-order valence-electron chi connectivity index (χ0n) is 25.3. The predicted molar refractivity (Wildman–Crippen MR) is 167 cm³/mol. The SMILES string of the molecule is CC[C@@H](C(=O)NC1CCCC1)N(Cc1ccccc1C)C(=O)CN(c1cc(OC)ccc1OC)S(=O)(=O)c1ccccc1. The largest absolute Gasteiger partial charge is 0.497 e. The summed E-state index contributed by atoms with van der Waals surface area (Å²) in [5.74, 6) is -0.0888. The molecule has 1 aliphatic carbocycles. The van der Waals surface area contributed by atoms with Crippen LogP contribution in [0.25, 0.3) is 0 Å². The molecule has 10 heteroatoms. The molecule has 0 heterocycles. The predicted octanol–water partition coefficient (Wildman–Crippen LogP) is 5.07. The van der Waals surface area contributed by atoms with Gasteiger partial charge in [-0.1, -0.05) is 62.2 Å². The van der Waals surface area contributed by atoms with E-state index in [0.717, 1.165) is 41.1 Å². The number of carbonyl (C=O) groups is 2. The molecule has 0 saturated heterocycles. The fourth-order valence-electron chi connectivity index (χ4n) is 5.48. The van der Waals surface area contributed by atoms with Crippen LogP contribution in [-0.4, -0.2) is 58.0 Å². The van der Waals surface area contributed by atoms with Gasteiger partial charge in [0.15, 0.2) is 0 Å². The number of sulfonamides is 1. The zero-order chi connectivity index (χ0) is 31.0. The van der Waals surface area contributed by atoms with Crippen LogP contribution in [0, 0.1) is 6.92 Å². The lowest BCUT2D eigenvalue weighted by Gasteiger charge is -2.34. The number of aryl methyl sites for hydroxylation is 1. The Morgan fingerprint density at radius 2 is 1.63 bits per heavy atom. The minimum atomic E-state index is -4.24. The lowest BCUT2D eigenvalue weighted by molar-refractivity contribution is -0.140. The molecular weight excluding hydrogens is 566 g/mol. The number of hydrogen-bond donors (Lipinski definition) is 1. The summed E-state index contributed by atoms with van der Waals surface area (Å²) in [7, 11) is -1.33. The second kappa shape index (κ2) is 14.4. The van der Waals surface area contributed by atoms with Crippen LogP contribution in [0.1, 0.15) is 50.2 Å². The Morgan fingerprint density at radius 3 is 2.26 bits per heavy atom. The smallest absolute Gasteiger partial charge is 0.264 e. The summed E-state index contributed by atoms with van der Waals surface area (Å²) in [6.45, 7) is 3.40. The van der Waals surface area contributed by atoms with Crippen LogP contribution in [0.5, 0.6) is 11.5 Å². The van der Waals surface area contributed by atoms with Crippen molar-refractivity contribution >= 4 is 27.5 Å². The maximum Gasteiger partial charge on any atom is 0.264 e. The lowest BCUT2D eigenvalue weighted by atomic mass is 10.1. The highest BCUT2D eigenvalue weighted by Gasteiger charge is 2.35. The van der Waals surface area contributed by atoms with Crippen LogP contribution in [-0.2, 0) is 26.2 Å². The first-order chi connectivity index (χ1) is 20.7. The van der Waals surface area contributed by atoms with E-state index in [-0.39, 0.29) is 34.8 Å². The van der Waals surface area contributed by atoms with E-state index >= 15 is 0 Å². The molecule has 1 atom stereocenters. The van der Waals surface area contributed by atoms with E-state index in [0.29, 0.717) is 12.2 Å². The molecule has 0 aliphatic heterocycles. The summed E-state index contributed by atoms with van der Waals surface area (Å²) >= 11 is 0. The Bertz CT molecular complexity index is 1510. The molecule has 9 nitrogen and oxygen atoms in total. The molecule has 0 radical (unpaired) electrons. The van der Waals surface area contributed by atoms with Gasteiger partial charge in [-0.15, -0.1) is 0 Å². The fourth-order valence-corrected chi connectivity index (χ4v) is 6.92. The molecular formula is C33H41N3O6S. The average molecular weight is 608 g/mol. The molecule has 2 amide bonds. The monoisotopic (exact) mass is 607 g/mol. The second-order valence-electron chi connectivity index (χ2n) is 10.7. The highest BCUT2D eigenvalue weighted by atomic mass is 32.2. The van der Waals surface area contributed by atoms with E-state index < -0.39 is 28.5 Å². The van der Waals surface area contributed by atoms with Gasteiger partial charge in [-0.05, 0) is 61.6 Å². The second-order valence-corrected chi connectivity index (χ2v) is 12.6. The minimum absolute atomic E-state index is 0.0177. The first-order valence-electron chi connectivity index (χ1n) is 14.6. The van der Waals surface area contributed by atoms with Crippen molar-refractivity contribution in [1.82, 2.24) is 10.2 Å². The highest BCUT2D eigenvalue weighted by Crippen LogP contribution is 2.36. The lowest BCUT2D eigenvalue weighted by Crippen LogP contribution is -2.53. The maximum atomic E-state index is 14.4. The summed E-state index contributed by atoms with van der Waals surface area (Å²) in [6, 6.07) is 19.7. The average Bonchev–Trinajstić information content (AvgIpc) is 3.53. The van der Waals surface area contributed by atoms with Crippen molar-refractivity contribution in [3.8, 4) is 11.5 Å². The van der Waals surface area contributed by atoms with E-state index in [1.54, 1.807) is 30.3 Å². The molecule has 3 aromatic rings. The molecule has 43 heavy (non-hydrogen) atoms. The van der Waals surface area contributed by atoms with Crippen LogP contribution in [0.3, 0.4) is 0 Å². The van der Waals surface area contributed by atoms with E-state index in [9.17, 15) is 18.0 Å². The van der Waals surface area contributed by atoms with Gasteiger partial charge in [-0.3, -0.25) is 13.9 Å². The third-order valence-corrected chi connectivity index (χ3v) is 9.73. The number of nitrogens with zero attached hydrogens (tertiary/aromatic N) is 2. The van der Waals surface area contributed by atoms with E-state index in [2.05, 4.69) is 5.32 Å². The molecule has 1 fully saturated rings. The first kappa shape index (κ1) is 31.9. The van der Waals surface area contributed by atoms with Gasteiger partial charge >= 0.3 is 0 Å². The van der Waals surface area contributed by atoms with Crippen LogP contribution in [0.15, 0.2) is 77.7 Å². The van der Waals surface area contributed by atoms with Crippen LogP contribution in [0.4, 0.5) is 5.69 Å². The van der Waals surface area contributed by atoms with Gasteiger partial charge in [0, 0.05) is 18.7 Å². The summed E-state index contributed by atoms with van der Waals surface area (Å²) in [6.07, 6.45) is 4.30. The van der Waals surface area contributed by atoms with Crippen molar-refractivity contribution in [3.05, 3.63) is 83.9 Å². The Kier molecular flexibility index (Phi) is 10.7. The van der Waals surface area contributed by atoms with E-state index in [1.165, 1.54) is 37.3 Å². The number of amides is 2. The number of ether oxygens (including phenoxy) is 2. The molecule has 0 bridgehead atoms. The number of carbonyl (C=O) groups excluding carboxylic acids is 2. The molecule has 0 aromatic heterocycles. The van der Waals surface area contributed by atoms with Gasteiger partial charge < -0.3 is 19.7 Å². The maximum absolute atomic E-state index is 14.4. The summed E-state index contributed by atoms with van der Waals surface area (Å²) in [4.78, 5) is 29.5. The van der Waals surface area contributed by atoms with Crippen molar-refractivity contribution in [2.24, 2.45) is 0 Å². The number of methoxy groups -OCH3 is 2. The Morgan fingerprint density at radius 1 is 0.953 bits per heavy atom. The van der Waals surface area contributed by atoms with Gasteiger partial charge in [-0.2, -0.15) is 0 Å². The highest BCUT2D eigenvalue weighted by molar-refractivity contribution is 7.92. The third-order valence-electron chi connectivity index (χ3n) is 7.95. The van der Waals surface area contributed by atoms with Gasteiger partial charge in [0.2, 0.25) is 11.8 Å². The van der Waals surface area contributed by atoms with E-state index in [1.807, 2.05) is 38.1 Å². The van der Waals surface area contributed by atoms with Crippen LogP contribution >= 0.6 is 0 Å². The van der Waals surface area contributed by atoms with Crippen molar-refractivity contribution in [2.75, 3.05) is 25.1 Å². The quantitative estimate of drug-likeness (QED) is 0.291. The van der Waals surface area contributed by atoms with Gasteiger partial charge in [0.05, 0.1) is 24.8 Å². The number of hydrogen-bond acceptors (Lipinski definition) is 6. The van der Waals surface area contributed by atoms with Crippen LogP contribution < -0.4 is 19.1 Å². The summed E-state index contributed by atoms with van der Waals surface area (Å²) in [5.41, 5.74) is 1.99. The molecule has 1 saturated carbocycles. The van der Waals surface area contributed by atoms with Crippen molar-refractivity contribution < 1.29 is 27.5 Å². The Balaban J connectivity index is 1.78. The number of nitrogens with one attached hydrogen (secondary N) is 1. The number of benzene rings is 3. The van der Waals surface area contributed by atoms with Gasteiger partial charge in [0.25, 0.3) is 10.0 Å². The number of anilines is 1. The molecule has 0 spiro atoms. The Labute approximate surface area is 254 Å². The first-order valence-corrected chi connectivity index (χ1v) is 16.1. The van der Waals surface area contributed by atoms with Crippen molar-refractivity contribution in [2.45, 2.75) is 69.5 Å². The molecule has 1 aliphatic rings. The normalized spacial score (nSPS) is 14.1. The molecule has 1 N–H and O–H groups in total. The van der Waals surface area contributed by atoms with Crippen molar-refractivity contribution in [1.29, 1.82) is 0 Å². The van der Waals surface area contributed by atoms with Crippen LogP contribution in [0.2, 0.25) is 0 Å². The van der Waals surface area contributed by atoms with Gasteiger partial charge in [-0.25, -0.2) is 8.42 Å². The molecule has 4 rings (SSSR count). The summed E-state index contributed by atoms with van der Waals surface area (Å²) in [5, 5.41) is 3.14.